The smallest absolute Gasteiger partial charge is 0.225 e. The van der Waals surface area contributed by atoms with Crippen LogP contribution in [0.15, 0.2) is 42.7 Å². The Balaban J connectivity index is 1.38. The first-order valence-corrected chi connectivity index (χ1v) is 11.2. The van der Waals surface area contributed by atoms with Gasteiger partial charge in [0.2, 0.25) is 5.95 Å². The Morgan fingerprint density at radius 2 is 1.97 bits per heavy atom. The maximum Gasteiger partial charge on any atom is 0.225 e. The lowest BCUT2D eigenvalue weighted by molar-refractivity contribution is 0.198. The van der Waals surface area contributed by atoms with Gasteiger partial charge in [-0.1, -0.05) is 12.1 Å². The van der Waals surface area contributed by atoms with Crippen LogP contribution in [-0.2, 0) is 13.6 Å². The average molecular weight is 421 g/mol. The van der Waals surface area contributed by atoms with E-state index in [1.54, 1.807) is 12.1 Å². The maximum absolute atomic E-state index is 13.6. The van der Waals surface area contributed by atoms with E-state index in [0.717, 1.165) is 74.0 Å². The molecular weight excluding hydrogens is 391 g/mol. The van der Waals surface area contributed by atoms with E-state index in [1.165, 1.54) is 18.9 Å². The second-order valence-corrected chi connectivity index (χ2v) is 8.74. The zero-order valence-corrected chi connectivity index (χ0v) is 18.0. The van der Waals surface area contributed by atoms with E-state index in [0.29, 0.717) is 5.92 Å². The molecule has 2 saturated heterocycles. The Kier molecular flexibility index (Phi) is 5.68. The Morgan fingerprint density at radius 3 is 2.81 bits per heavy atom. The highest BCUT2D eigenvalue weighted by Gasteiger charge is 2.27. The van der Waals surface area contributed by atoms with E-state index < -0.39 is 0 Å². The standard InChI is InChI=1S/C24H29FN6/c1-29-17-21(22-9-10-26-24(27-22)31-12-2-3-13-31)23(28-29)19-7-5-11-30(16-19)15-18-6-4-8-20(25)14-18/h4,6,8-10,14,17,19H,2-3,5,7,11-13,15-16H2,1H3. The molecular formula is C24H29FN6. The largest absolute Gasteiger partial charge is 0.341 e. The normalized spacial score (nSPS) is 19.8. The topological polar surface area (TPSA) is 50.1 Å². The quantitative estimate of drug-likeness (QED) is 0.625. The predicted molar refractivity (Wildman–Crippen MR) is 119 cm³/mol. The van der Waals surface area contributed by atoms with Crippen LogP contribution in [0.5, 0.6) is 0 Å². The SMILES string of the molecule is Cn1cc(-c2ccnc(N3CCCC3)n2)c(C2CCCN(Cc3cccc(F)c3)C2)n1. The number of aromatic nitrogens is 4. The number of hydrogen-bond acceptors (Lipinski definition) is 5. The summed E-state index contributed by atoms with van der Waals surface area (Å²) >= 11 is 0. The van der Waals surface area contributed by atoms with Gasteiger partial charge in [0.25, 0.3) is 0 Å². The Morgan fingerprint density at radius 1 is 1.10 bits per heavy atom. The van der Waals surface area contributed by atoms with Crippen molar-refractivity contribution in [1.82, 2.24) is 24.6 Å². The molecule has 0 radical (unpaired) electrons. The molecule has 2 aromatic heterocycles. The van der Waals surface area contributed by atoms with Crippen LogP contribution in [0.4, 0.5) is 10.3 Å². The minimum Gasteiger partial charge on any atom is -0.341 e. The average Bonchev–Trinajstić information content (AvgIpc) is 3.44. The summed E-state index contributed by atoms with van der Waals surface area (Å²) in [5, 5.41) is 4.85. The van der Waals surface area contributed by atoms with E-state index in [9.17, 15) is 4.39 Å². The molecule has 162 valence electrons. The van der Waals surface area contributed by atoms with Crippen molar-refractivity contribution in [2.45, 2.75) is 38.1 Å². The second-order valence-electron chi connectivity index (χ2n) is 8.74. The highest BCUT2D eigenvalue weighted by molar-refractivity contribution is 5.63. The van der Waals surface area contributed by atoms with Crippen LogP contribution in [0.25, 0.3) is 11.3 Å². The number of aryl methyl sites for hydroxylation is 1. The van der Waals surface area contributed by atoms with Crippen molar-refractivity contribution in [2.24, 2.45) is 7.05 Å². The van der Waals surface area contributed by atoms with Gasteiger partial charge in [0.15, 0.2) is 0 Å². The first kappa shape index (κ1) is 20.1. The van der Waals surface area contributed by atoms with E-state index in [2.05, 4.69) is 21.0 Å². The highest BCUT2D eigenvalue weighted by atomic mass is 19.1. The van der Waals surface area contributed by atoms with Gasteiger partial charge in [-0.05, 0) is 56.0 Å². The van der Waals surface area contributed by atoms with Gasteiger partial charge in [0.05, 0.1) is 11.4 Å². The number of halogens is 1. The first-order valence-electron chi connectivity index (χ1n) is 11.2. The molecule has 6 nitrogen and oxygen atoms in total. The van der Waals surface area contributed by atoms with Crippen LogP contribution >= 0.6 is 0 Å². The summed E-state index contributed by atoms with van der Waals surface area (Å²) in [6, 6.07) is 8.92. The monoisotopic (exact) mass is 420 g/mol. The lowest BCUT2D eigenvalue weighted by Crippen LogP contribution is -2.34. The molecule has 1 aromatic carbocycles. The van der Waals surface area contributed by atoms with Crippen LogP contribution in [0.3, 0.4) is 0 Å². The Hall–Kier alpha value is -2.80. The lowest BCUT2D eigenvalue weighted by Gasteiger charge is -2.32. The van der Waals surface area contributed by atoms with Gasteiger partial charge in [0, 0.05) is 57.1 Å². The summed E-state index contributed by atoms with van der Waals surface area (Å²) in [6.45, 7) is 4.78. The van der Waals surface area contributed by atoms with Gasteiger partial charge in [-0.3, -0.25) is 9.58 Å². The molecule has 3 aromatic rings. The molecule has 0 spiro atoms. The minimum atomic E-state index is -0.171. The van der Waals surface area contributed by atoms with Gasteiger partial charge in [-0.15, -0.1) is 0 Å². The maximum atomic E-state index is 13.6. The molecule has 2 aliphatic rings. The molecule has 2 fully saturated rings. The zero-order chi connectivity index (χ0) is 21.2. The molecule has 2 aliphatic heterocycles. The van der Waals surface area contributed by atoms with Gasteiger partial charge < -0.3 is 4.90 Å². The number of hydrogen-bond donors (Lipinski definition) is 0. The van der Waals surface area contributed by atoms with Crippen LogP contribution in [0.1, 0.15) is 42.9 Å². The summed E-state index contributed by atoms with van der Waals surface area (Å²) in [6.07, 6.45) is 8.57. The molecule has 0 N–H and O–H groups in total. The van der Waals surface area contributed by atoms with E-state index in [4.69, 9.17) is 10.1 Å². The lowest BCUT2D eigenvalue weighted by atomic mass is 9.91. The third-order valence-electron chi connectivity index (χ3n) is 6.35. The summed E-state index contributed by atoms with van der Waals surface area (Å²) in [7, 11) is 1.98. The summed E-state index contributed by atoms with van der Waals surface area (Å²) in [5.41, 5.74) is 4.18. The molecule has 5 rings (SSSR count). The van der Waals surface area contributed by atoms with Crippen molar-refractivity contribution in [3.05, 3.63) is 59.8 Å². The van der Waals surface area contributed by atoms with Gasteiger partial charge >= 0.3 is 0 Å². The molecule has 1 unspecified atom stereocenters. The number of piperidine rings is 1. The Labute approximate surface area is 182 Å². The van der Waals surface area contributed by atoms with Crippen molar-refractivity contribution in [2.75, 3.05) is 31.1 Å². The summed E-state index contributed by atoms with van der Waals surface area (Å²) in [4.78, 5) is 14.1. The molecule has 0 bridgehead atoms. The second kappa shape index (κ2) is 8.75. The van der Waals surface area contributed by atoms with Crippen molar-refractivity contribution in [3.63, 3.8) is 0 Å². The molecule has 4 heterocycles. The zero-order valence-electron chi connectivity index (χ0n) is 18.0. The van der Waals surface area contributed by atoms with E-state index in [-0.39, 0.29) is 5.82 Å². The van der Waals surface area contributed by atoms with Crippen LogP contribution in [0.2, 0.25) is 0 Å². The third kappa shape index (κ3) is 4.46. The fourth-order valence-electron chi connectivity index (χ4n) is 4.89. The predicted octanol–water partition coefficient (Wildman–Crippen LogP) is 4.00. The van der Waals surface area contributed by atoms with Gasteiger partial charge in [0.1, 0.15) is 5.82 Å². The van der Waals surface area contributed by atoms with E-state index >= 15 is 0 Å². The van der Waals surface area contributed by atoms with Crippen molar-refractivity contribution in [1.29, 1.82) is 0 Å². The fraction of sp³-hybridized carbons (Fsp3) is 0.458. The van der Waals surface area contributed by atoms with Crippen molar-refractivity contribution < 1.29 is 4.39 Å². The molecule has 0 saturated carbocycles. The Bertz CT molecular complexity index is 1040. The molecule has 0 aliphatic carbocycles. The summed E-state index contributed by atoms with van der Waals surface area (Å²) in [5.74, 6) is 0.987. The highest BCUT2D eigenvalue weighted by Crippen LogP contribution is 2.34. The molecule has 31 heavy (non-hydrogen) atoms. The van der Waals surface area contributed by atoms with E-state index in [1.807, 2.05) is 30.1 Å². The number of nitrogens with zero attached hydrogens (tertiary/aromatic N) is 6. The van der Waals surface area contributed by atoms with Crippen LogP contribution < -0.4 is 4.90 Å². The number of likely N-dealkylation sites (tertiary alicyclic amines) is 1. The van der Waals surface area contributed by atoms with Crippen molar-refractivity contribution >= 4 is 5.95 Å². The van der Waals surface area contributed by atoms with Crippen LogP contribution in [0, 0.1) is 5.82 Å². The minimum absolute atomic E-state index is 0.171. The van der Waals surface area contributed by atoms with Gasteiger partial charge in [-0.25, -0.2) is 14.4 Å². The first-order chi connectivity index (χ1) is 15.2. The van der Waals surface area contributed by atoms with Gasteiger partial charge in [-0.2, -0.15) is 5.10 Å². The number of anilines is 1. The molecule has 0 amide bonds. The van der Waals surface area contributed by atoms with Crippen molar-refractivity contribution in [3.8, 4) is 11.3 Å². The number of rotatable bonds is 5. The number of benzene rings is 1. The summed E-state index contributed by atoms with van der Waals surface area (Å²) < 4.78 is 15.5. The molecule has 7 heteroatoms. The van der Waals surface area contributed by atoms with Crippen LogP contribution in [-0.4, -0.2) is 50.8 Å². The fourth-order valence-corrected chi connectivity index (χ4v) is 4.89. The third-order valence-corrected chi connectivity index (χ3v) is 6.35. The molecule has 1 atom stereocenters.